The summed E-state index contributed by atoms with van der Waals surface area (Å²) in [7, 11) is -2.65. The van der Waals surface area contributed by atoms with Crippen LogP contribution in [0.15, 0.2) is 30.6 Å². The quantitative estimate of drug-likeness (QED) is 0.556. The number of nitrogens with zero attached hydrogens (tertiary/aromatic N) is 2. The van der Waals surface area contributed by atoms with Crippen molar-refractivity contribution >= 4 is 29.3 Å². The van der Waals surface area contributed by atoms with Gasteiger partial charge in [0.05, 0.1) is 17.8 Å². The first-order chi connectivity index (χ1) is 13.0. The fourth-order valence-corrected chi connectivity index (χ4v) is 4.08. The Hall–Kier alpha value is -2.38. The average molecular weight is 412 g/mol. The van der Waals surface area contributed by atoms with Gasteiger partial charge in [0.1, 0.15) is 12.7 Å². The highest BCUT2D eigenvalue weighted by Gasteiger charge is 2.36. The Bertz CT molecular complexity index is 1060. The lowest BCUT2D eigenvalue weighted by Gasteiger charge is -2.15. The maximum absolute atomic E-state index is 13.6. The Morgan fingerprint density at radius 2 is 2.04 bits per heavy atom. The molecule has 10 heteroatoms. The summed E-state index contributed by atoms with van der Waals surface area (Å²) in [5, 5.41) is 13.0. The van der Waals surface area contributed by atoms with Crippen molar-refractivity contribution in [1.29, 1.82) is 0 Å². The van der Waals surface area contributed by atoms with Gasteiger partial charge < -0.3 is 20.0 Å². The van der Waals surface area contributed by atoms with Crippen LogP contribution in [0.5, 0.6) is 0 Å². The minimum atomic E-state index is -4.65. The smallest absolute Gasteiger partial charge is 0.394 e. The predicted octanol–water partition coefficient (Wildman–Crippen LogP) is 3.68. The van der Waals surface area contributed by atoms with Crippen LogP contribution < -0.4 is 10.6 Å². The van der Waals surface area contributed by atoms with Gasteiger partial charge in [-0.2, -0.15) is 13.2 Å². The van der Waals surface area contributed by atoms with E-state index < -0.39 is 24.9 Å². The van der Waals surface area contributed by atoms with E-state index in [-0.39, 0.29) is 23.8 Å². The highest BCUT2D eigenvalue weighted by Crippen LogP contribution is 2.41. The summed E-state index contributed by atoms with van der Waals surface area (Å²) < 4.78 is 53.3. The molecule has 1 atom stereocenters. The lowest BCUT2D eigenvalue weighted by atomic mass is 10.1. The molecule has 3 rings (SSSR count). The second-order valence-electron chi connectivity index (χ2n) is 6.93. The lowest BCUT2D eigenvalue weighted by molar-refractivity contribution is -0.137. The number of hydrogen-bond acceptors (Lipinski definition) is 5. The molecule has 0 fully saturated rings. The number of anilines is 1. The zero-order valence-electron chi connectivity index (χ0n) is 15.5. The lowest BCUT2D eigenvalue weighted by Crippen LogP contribution is -2.21. The van der Waals surface area contributed by atoms with Crippen LogP contribution >= 0.6 is 7.14 Å². The molecule has 0 radical (unpaired) electrons. The normalized spacial score (nSPS) is 13.7. The SMILES string of the molecule is C[C@@H](CO)Nc1ncc(C(F)(F)F)c(-c2c[nH]c3c(P(C)(C)=O)cccc23)n1. The number of H-pyrrole nitrogens is 1. The van der Waals surface area contributed by atoms with Crippen molar-refractivity contribution in [2.24, 2.45) is 0 Å². The molecule has 0 unspecified atom stereocenters. The molecule has 0 amide bonds. The number of rotatable bonds is 5. The molecule has 2 aromatic heterocycles. The Balaban J connectivity index is 2.24. The summed E-state index contributed by atoms with van der Waals surface area (Å²) in [6.45, 7) is 4.63. The number of para-hydroxylation sites is 1. The number of aromatic amines is 1. The Kier molecular flexibility index (Phi) is 5.25. The zero-order valence-corrected chi connectivity index (χ0v) is 16.4. The maximum Gasteiger partial charge on any atom is 0.419 e. The van der Waals surface area contributed by atoms with E-state index in [1.807, 2.05) is 0 Å². The number of alkyl halides is 3. The van der Waals surface area contributed by atoms with Gasteiger partial charge in [0.25, 0.3) is 0 Å². The third-order valence-corrected chi connectivity index (χ3v) is 5.81. The van der Waals surface area contributed by atoms with Crippen molar-refractivity contribution in [2.45, 2.75) is 19.1 Å². The van der Waals surface area contributed by atoms with E-state index in [1.165, 1.54) is 6.20 Å². The van der Waals surface area contributed by atoms with Gasteiger partial charge in [0.15, 0.2) is 0 Å². The molecular formula is C18H20F3N4O2P. The first-order valence-electron chi connectivity index (χ1n) is 8.50. The number of hydrogen-bond donors (Lipinski definition) is 3. The van der Waals surface area contributed by atoms with Crippen molar-refractivity contribution in [3.05, 3.63) is 36.2 Å². The van der Waals surface area contributed by atoms with E-state index in [4.69, 9.17) is 5.11 Å². The molecule has 3 aromatic rings. The van der Waals surface area contributed by atoms with Crippen LogP contribution in [0.3, 0.4) is 0 Å². The van der Waals surface area contributed by atoms with E-state index in [0.717, 1.165) is 6.20 Å². The van der Waals surface area contributed by atoms with Crippen LogP contribution in [0.4, 0.5) is 19.1 Å². The summed E-state index contributed by atoms with van der Waals surface area (Å²) in [5.41, 5.74) is -0.506. The number of fused-ring (bicyclic) bond motifs is 1. The summed E-state index contributed by atoms with van der Waals surface area (Å²) in [5.74, 6) is -0.0216. The topological polar surface area (TPSA) is 90.9 Å². The number of nitrogens with one attached hydrogen (secondary N) is 2. The Labute approximate surface area is 159 Å². The second-order valence-corrected chi connectivity index (χ2v) is 10.1. The van der Waals surface area contributed by atoms with Crippen molar-refractivity contribution in [3.8, 4) is 11.3 Å². The summed E-state index contributed by atoms with van der Waals surface area (Å²) in [6, 6.07) is 4.59. The van der Waals surface area contributed by atoms with Crippen molar-refractivity contribution in [1.82, 2.24) is 15.0 Å². The van der Waals surface area contributed by atoms with Gasteiger partial charge in [0.2, 0.25) is 5.95 Å². The fraction of sp³-hybridized carbons (Fsp3) is 0.333. The zero-order chi connectivity index (χ0) is 20.7. The third-order valence-electron chi connectivity index (χ3n) is 4.27. The van der Waals surface area contributed by atoms with Gasteiger partial charge >= 0.3 is 6.18 Å². The number of aliphatic hydroxyl groups excluding tert-OH is 1. The number of aromatic nitrogens is 3. The standard InChI is InChI=1S/C18H20F3N4O2P/c1-10(9-26)24-17-23-8-13(18(19,20)21)15(25-17)12-7-22-16-11(12)5-4-6-14(16)28(2,3)27/h4-8,10,22,26H,9H2,1-3H3,(H,23,24,25)/t10-/m0/s1. The monoisotopic (exact) mass is 412 g/mol. The van der Waals surface area contributed by atoms with Crippen LogP contribution in [0.25, 0.3) is 22.2 Å². The number of halogens is 3. The minimum Gasteiger partial charge on any atom is -0.394 e. The van der Waals surface area contributed by atoms with Gasteiger partial charge in [-0.15, -0.1) is 0 Å². The van der Waals surface area contributed by atoms with E-state index in [1.54, 1.807) is 38.5 Å². The molecule has 0 saturated heterocycles. The fourth-order valence-electron chi connectivity index (χ4n) is 2.91. The van der Waals surface area contributed by atoms with Gasteiger partial charge in [-0.3, -0.25) is 0 Å². The van der Waals surface area contributed by atoms with Gasteiger partial charge in [-0.1, -0.05) is 12.1 Å². The molecule has 0 bridgehead atoms. The highest BCUT2D eigenvalue weighted by molar-refractivity contribution is 7.70. The molecule has 0 aliphatic carbocycles. The van der Waals surface area contributed by atoms with E-state index >= 15 is 0 Å². The summed E-state index contributed by atoms with van der Waals surface area (Å²) in [4.78, 5) is 10.8. The van der Waals surface area contributed by atoms with Crippen LogP contribution in [0, 0.1) is 0 Å². The minimum absolute atomic E-state index is 0.0216. The molecule has 1 aromatic carbocycles. The molecule has 6 nitrogen and oxygen atoms in total. The number of benzene rings is 1. The molecule has 0 aliphatic rings. The molecule has 0 aliphatic heterocycles. The first kappa shape index (κ1) is 20.4. The Morgan fingerprint density at radius 1 is 1.32 bits per heavy atom. The van der Waals surface area contributed by atoms with Gasteiger partial charge in [-0.05, 0) is 26.3 Å². The molecule has 28 heavy (non-hydrogen) atoms. The summed E-state index contributed by atoms with van der Waals surface area (Å²) in [6.07, 6.45) is -2.49. The average Bonchev–Trinajstić information content (AvgIpc) is 3.03. The molecule has 0 spiro atoms. The third kappa shape index (κ3) is 3.91. The molecule has 3 N–H and O–H groups in total. The molecule has 0 saturated carbocycles. The second kappa shape index (κ2) is 7.22. The van der Waals surface area contributed by atoms with Crippen LogP contribution in [-0.4, -0.2) is 46.0 Å². The highest BCUT2D eigenvalue weighted by atomic mass is 31.2. The van der Waals surface area contributed by atoms with E-state index in [2.05, 4.69) is 20.3 Å². The van der Waals surface area contributed by atoms with Crippen molar-refractivity contribution < 1.29 is 22.8 Å². The van der Waals surface area contributed by atoms with Crippen LogP contribution in [0.2, 0.25) is 0 Å². The Morgan fingerprint density at radius 3 is 2.64 bits per heavy atom. The first-order valence-corrected chi connectivity index (χ1v) is 11.1. The van der Waals surface area contributed by atoms with Crippen LogP contribution in [-0.2, 0) is 10.7 Å². The number of aliphatic hydroxyl groups is 1. The van der Waals surface area contributed by atoms with Crippen LogP contribution in [0.1, 0.15) is 12.5 Å². The largest absolute Gasteiger partial charge is 0.419 e. The molecular weight excluding hydrogens is 392 g/mol. The maximum atomic E-state index is 13.6. The molecule has 2 heterocycles. The van der Waals surface area contributed by atoms with Crippen molar-refractivity contribution in [3.63, 3.8) is 0 Å². The van der Waals surface area contributed by atoms with E-state index in [9.17, 15) is 17.7 Å². The van der Waals surface area contributed by atoms with E-state index in [0.29, 0.717) is 16.2 Å². The predicted molar refractivity (Wildman–Crippen MR) is 104 cm³/mol. The molecule has 150 valence electrons. The van der Waals surface area contributed by atoms with Crippen molar-refractivity contribution in [2.75, 3.05) is 25.3 Å². The van der Waals surface area contributed by atoms with Gasteiger partial charge in [-0.25, -0.2) is 9.97 Å². The summed E-state index contributed by atoms with van der Waals surface area (Å²) >= 11 is 0. The van der Waals surface area contributed by atoms with Gasteiger partial charge in [0, 0.05) is 34.7 Å².